The molecule has 122 valence electrons. The van der Waals surface area contributed by atoms with E-state index in [-0.39, 0.29) is 0 Å². The minimum Gasteiger partial charge on any atom is -0.192 e. The Bertz CT molecular complexity index is 906. The van der Waals surface area contributed by atoms with Crippen molar-refractivity contribution >= 4 is 11.6 Å². The summed E-state index contributed by atoms with van der Waals surface area (Å²) < 4.78 is 0. The molecule has 0 saturated carbocycles. The molecule has 25 heavy (non-hydrogen) atoms. The summed E-state index contributed by atoms with van der Waals surface area (Å²) in [6.45, 7) is 4.29. The lowest BCUT2D eigenvalue weighted by molar-refractivity contribution is 1.14. The largest absolute Gasteiger partial charge is 0.192 e. The van der Waals surface area contributed by atoms with Crippen molar-refractivity contribution in [2.75, 3.05) is 0 Å². The number of nitriles is 1. The van der Waals surface area contributed by atoms with Crippen LogP contribution in [0.15, 0.2) is 72.8 Å². The Morgan fingerprint density at radius 2 is 1.40 bits per heavy atom. The van der Waals surface area contributed by atoms with Crippen LogP contribution in [0.4, 0.5) is 0 Å². The van der Waals surface area contributed by atoms with Crippen molar-refractivity contribution in [3.8, 4) is 17.2 Å². The average molecular weight is 323 g/mol. The summed E-state index contributed by atoms with van der Waals surface area (Å²) in [6, 6.07) is 27.2. The Morgan fingerprint density at radius 3 is 1.92 bits per heavy atom. The Morgan fingerprint density at radius 1 is 0.840 bits per heavy atom. The molecule has 0 spiro atoms. The molecule has 0 heterocycles. The fraction of sp³-hybridized carbons (Fsp3) is 0.125. The van der Waals surface area contributed by atoms with Gasteiger partial charge in [-0.25, -0.2) is 0 Å². The van der Waals surface area contributed by atoms with E-state index in [2.05, 4.69) is 74.5 Å². The van der Waals surface area contributed by atoms with E-state index in [1.54, 1.807) is 0 Å². The predicted molar refractivity (Wildman–Crippen MR) is 106 cm³/mol. The zero-order valence-corrected chi connectivity index (χ0v) is 14.7. The molecule has 3 aromatic carbocycles. The van der Waals surface area contributed by atoms with E-state index < -0.39 is 0 Å². The first-order chi connectivity index (χ1) is 12.2. The number of aryl methyl sites for hydroxylation is 1. The highest BCUT2D eigenvalue weighted by molar-refractivity contribution is 5.81. The van der Waals surface area contributed by atoms with Gasteiger partial charge in [-0.05, 0) is 58.9 Å². The second kappa shape index (κ2) is 7.64. The second-order valence-electron chi connectivity index (χ2n) is 6.19. The molecule has 0 aliphatic heterocycles. The summed E-state index contributed by atoms with van der Waals surface area (Å²) in [7, 11) is 0. The van der Waals surface area contributed by atoms with E-state index in [0.29, 0.717) is 5.56 Å². The average Bonchev–Trinajstić information content (AvgIpc) is 2.69. The van der Waals surface area contributed by atoms with Gasteiger partial charge in [-0.15, -0.1) is 0 Å². The van der Waals surface area contributed by atoms with Crippen molar-refractivity contribution in [1.82, 2.24) is 0 Å². The van der Waals surface area contributed by atoms with Crippen molar-refractivity contribution in [2.24, 2.45) is 0 Å². The molecule has 0 N–H and O–H groups in total. The summed E-state index contributed by atoms with van der Waals surface area (Å²) in [5, 5.41) is 8.87. The van der Waals surface area contributed by atoms with Crippen LogP contribution in [0, 0.1) is 11.3 Å². The summed E-state index contributed by atoms with van der Waals surface area (Å²) in [4.78, 5) is 0. The van der Waals surface area contributed by atoms with Crippen LogP contribution in [0.1, 0.15) is 36.1 Å². The highest BCUT2D eigenvalue weighted by atomic mass is 14.2. The first kappa shape index (κ1) is 16.7. The van der Waals surface area contributed by atoms with Crippen LogP contribution in [0.5, 0.6) is 0 Å². The Balaban J connectivity index is 1.80. The molecule has 0 saturated heterocycles. The van der Waals surface area contributed by atoms with Crippen molar-refractivity contribution < 1.29 is 0 Å². The molecule has 0 atom stereocenters. The molecular formula is C24H21N. The highest BCUT2D eigenvalue weighted by Gasteiger charge is 2.01. The number of benzene rings is 3. The molecule has 0 aliphatic rings. The van der Waals surface area contributed by atoms with Crippen molar-refractivity contribution in [3.05, 3.63) is 95.1 Å². The zero-order chi connectivity index (χ0) is 17.6. The van der Waals surface area contributed by atoms with Crippen LogP contribution in [0.3, 0.4) is 0 Å². The molecule has 0 aliphatic carbocycles. The normalized spacial score (nSPS) is 11.2. The molecule has 0 fully saturated rings. The number of hydrogen-bond donors (Lipinski definition) is 0. The quantitative estimate of drug-likeness (QED) is 0.513. The van der Waals surface area contributed by atoms with E-state index in [9.17, 15) is 0 Å². The van der Waals surface area contributed by atoms with Gasteiger partial charge < -0.3 is 0 Å². The molecule has 3 rings (SSSR count). The lowest BCUT2D eigenvalue weighted by atomic mass is 9.99. The van der Waals surface area contributed by atoms with E-state index in [4.69, 9.17) is 5.26 Å². The van der Waals surface area contributed by atoms with E-state index in [1.807, 2.05) is 24.3 Å². The Labute approximate surface area is 149 Å². The van der Waals surface area contributed by atoms with Gasteiger partial charge >= 0.3 is 0 Å². The maximum absolute atomic E-state index is 8.87. The van der Waals surface area contributed by atoms with E-state index in [0.717, 1.165) is 12.0 Å². The minimum atomic E-state index is 0.688. The van der Waals surface area contributed by atoms with Gasteiger partial charge in [0.1, 0.15) is 0 Å². The van der Waals surface area contributed by atoms with Gasteiger partial charge in [0.25, 0.3) is 0 Å². The van der Waals surface area contributed by atoms with Crippen LogP contribution in [-0.4, -0.2) is 0 Å². The van der Waals surface area contributed by atoms with E-state index in [1.165, 1.54) is 27.8 Å². The number of rotatable bonds is 4. The van der Waals surface area contributed by atoms with Crippen LogP contribution >= 0.6 is 0 Å². The lowest BCUT2D eigenvalue weighted by Crippen LogP contribution is -1.84. The van der Waals surface area contributed by atoms with Crippen molar-refractivity contribution in [2.45, 2.75) is 20.3 Å². The smallest absolute Gasteiger partial charge is 0.0991 e. The van der Waals surface area contributed by atoms with Gasteiger partial charge in [0, 0.05) is 0 Å². The van der Waals surface area contributed by atoms with Crippen LogP contribution in [0.25, 0.3) is 22.8 Å². The third-order valence-electron chi connectivity index (χ3n) is 4.46. The van der Waals surface area contributed by atoms with Crippen molar-refractivity contribution in [1.29, 1.82) is 5.26 Å². The molecular weight excluding hydrogens is 302 g/mol. The third-order valence-corrected chi connectivity index (χ3v) is 4.46. The number of allylic oxidation sites excluding steroid dienone is 1. The van der Waals surface area contributed by atoms with Crippen LogP contribution < -0.4 is 0 Å². The summed E-state index contributed by atoms with van der Waals surface area (Å²) in [6.07, 6.45) is 3.21. The molecule has 0 amide bonds. The summed E-state index contributed by atoms with van der Waals surface area (Å²) in [5.41, 5.74) is 8.05. The van der Waals surface area contributed by atoms with E-state index >= 15 is 0 Å². The monoisotopic (exact) mass is 323 g/mol. The van der Waals surface area contributed by atoms with Crippen LogP contribution in [0.2, 0.25) is 0 Å². The van der Waals surface area contributed by atoms with Crippen LogP contribution in [-0.2, 0) is 6.42 Å². The van der Waals surface area contributed by atoms with Gasteiger partial charge in [0.15, 0.2) is 0 Å². The second-order valence-corrected chi connectivity index (χ2v) is 6.19. The van der Waals surface area contributed by atoms with Gasteiger partial charge in [-0.2, -0.15) is 5.26 Å². The Hall–Kier alpha value is -3.11. The zero-order valence-electron chi connectivity index (χ0n) is 14.7. The fourth-order valence-corrected chi connectivity index (χ4v) is 2.85. The topological polar surface area (TPSA) is 23.8 Å². The fourth-order valence-electron chi connectivity index (χ4n) is 2.85. The minimum absolute atomic E-state index is 0.688. The first-order valence-corrected chi connectivity index (χ1v) is 8.58. The lowest BCUT2D eigenvalue weighted by Gasteiger charge is -2.06. The molecule has 1 nitrogen and oxygen atoms in total. The summed E-state index contributed by atoms with van der Waals surface area (Å²) in [5.74, 6) is 0. The predicted octanol–water partition coefficient (Wildman–Crippen LogP) is 6.35. The molecule has 0 radical (unpaired) electrons. The maximum atomic E-state index is 8.87. The number of hydrogen-bond acceptors (Lipinski definition) is 1. The van der Waals surface area contributed by atoms with Gasteiger partial charge in [-0.3, -0.25) is 0 Å². The molecule has 0 aromatic heterocycles. The van der Waals surface area contributed by atoms with Gasteiger partial charge in [0.2, 0.25) is 0 Å². The first-order valence-electron chi connectivity index (χ1n) is 8.58. The Kier molecular flexibility index (Phi) is 5.11. The standard InChI is InChI=1S/C24H21N/c1-3-19-8-10-23(11-9-19)24-14-12-22(13-15-24)18(2)16-20-4-6-21(17-25)7-5-20/h4-16H,3H2,1-2H3/b18-16+. The maximum Gasteiger partial charge on any atom is 0.0991 e. The molecule has 1 heteroatoms. The number of nitrogens with zero attached hydrogens (tertiary/aromatic N) is 1. The van der Waals surface area contributed by atoms with Gasteiger partial charge in [0.05, 0.1) is 11.6 Å². The third kappa shape index (κ3) is 4.05. The summed E-state index contributed by atoms with van der Waals surface area (Å²) >= 11 is 0. The SMILES string of the molecule is CCc1ccc(-c2ccc(/C(C)=C/c3ccc(C#N)cc3)cc2)cc1. The van der Waals surface area contributed by atoms with Gasteiger partial charge in [-0.1, -0.05) is 73.7 Å². The molecule has 0 bridgehead atoms. The highest BCUT2D eigenvalue weighted by Crippen LogP contribution is 2.24. The van der Waals surface area contributed by atoms with Crippen molar-refractivity contribution in [3.63, 3.8) is 0 Å². The molecule has 3 aromatic rings. The molecule has 0 unspecified atom stereocenters.